The number of hydrogen-bond donors (Lipinski definition) is 1. The number of amides is 1. The first-order chi connectivity index (χ1) is 12.3. The Morgan fingerprint density at radius 2 is 2.08 bits per heavy atom. The molecule has 0 radical (unpaired) electrons. The lowest BCUT2D eigenvalue weighted by molar-refractivity contribution is -0.122. The van der Waals surface area contributed by atoms with E-state index in [1.807, 2.05) is 0 Å². The minimum absolute atomic E-state index is 0.314. The van der Waals surface area contributed by atoms with E-state index in [-0.39, 0.29) is 5.91 Å². The summed E-state index contributed by atoms with van der Waals surface area (Å²) in [5.74, 6) is -0.314. The van der Waals surface area contributed by atoms with Crippen molar-refractivity contribution in [2.24, 2.45) is 0 Å². The largest absolute Gasteiger partial charge is 0.379 e. The molecule has 0 saturated carbocycles. The molecule has 146 valence electrons. The van der Waals surface area contributed by atoms with Crippen LogP contribution in [-0.2, 0) is 19.6 Å². The third kappa shape index (κ3) is 5.84. The highest BCUT2D eigenvalue weighted by Gasteiger charge is 2.31. The number of benzene rings is 1. The Bertz CT molecular complexity index is 708. The Morgan fingerprint density at radius 1 is 1.38 bits per heavy atom. The molecule has 1 aliphatic rings. The van der Waals surface area contributed by atoms with Crippen molar-refractivity contribution in [3.05, 3.63) is 29.3 Å². The van der Waals surface area contributed by atoms with Crippen LogP contribution in [0, 0.1) is 0 Å². The smallest absolute Gasteiger partial charge is 0.243 e. The van der Waals surface area contributed by atoms with Crippen LogP contribution in [0.2, 0.25) is 5.02 Å². The van der Waals surface area contributed by atoms with Gasteiger partial charge in [-0.25, -0.2) is 8.42 Å². The molecule has 0 spiro atoms. The number of ether oxygens (including phenoxy) is 1. The van der Waals surface area contributed by atoms with Crippen LogP contribution in [0.1, 0.15) is 13.3 Å². The highest BCUT2D eigenvalue weighted by molar-refractivity contribution is 7.92. The number of rotatable bonds is 8. The van der Waals surface area contributed by atoms with Crippen LogP contribution in [0.25, 0.3) is 0 Å². The van der Waals surface area contributed by atoms with Gasteiger partial charge in [0.15, 0.2) is 0 Å². The molecule has 1 fully saturated rings. The molecule has 1 N–H and O–H groups in total. The molecule has 0 unspecified atom stereocenters. The quantitative estimate of drug-likeness (QED) is 0.708. The van der Waals surface area contributed by atoms with Crippen molar-refractivity contribution in [1.29, 1.82) is 0 Å². The summed E-state index contributed by atoms with van der Waals surface area (Å²) >= 11 is 6.00. The molecule has 1 heterocycles. The molecule has 0 aromatic heterocycles. The number of carbonyl (C=O) groups excluding carboxylic acids is 1. The van der Waals surface area contributed by atoms with Crippen LogP contribution in [0.5, 0.6) is 0 Å². The van der Waals surface area contributed by atoms with Gasteiger partial charge in [0.05, 0.1) is 25.2 Å². The molecule has 26 heavy (non-hydrogen) atoms. The van der Waals surface area contributed by atoms with Crippen molar-refractivity contribution in [2.75, 3.05) is 50.0 Å². The van der Waals surface area contributed by atoms with Crippen molar-refractivity contribution in [2.45, 2.75) is 19.4 Å². The number of nitrogens with one attached hydrogen (secondary N) is 1. The molecule has 0 aliphatic carbocycles. The number of nitrogens with zero attached hydrogens (tertiary/aromatic N) is 2. The van der Waals surface area contributed by atoms with Gasteiger partial charge in [0.25, 0.3) is 0 Å². The third-order valence-corrected chi connectivity index (χ3v) is 5.64. The minimum Gasteiger partial charge on any atom is -0.379 e. The minimum atomic E-state index is -3.65. The topological polar surface area (TPSA) is 79.0 Å². The Kier molecular flexibility index (Phi) is 7.69. The van der Waals surface area contributed by atoms with E-state index in [4.69, 9.17) is 16.3 Å². The summed E-state index contributed by atoms with van der Waals surface area (Å²) < 4.78 is 31.1. The summed E-state index contributed by atoms with van der Waals surface area (Å²) in [4.78, 5) is 14.9. The van der Waals surface area contributed by atoms with E-state index in [0.29, 0.717) is 43.4 Å². The van der Waals surface area contributed by atoms with Gasteiger partial charge in [-0.1, -0.05) is 24.6 Å². The Balaban J connectivity index is 2.07. The summed E-state index contributed by atoms with van der Waals surface area (Å²) in [6.07, 6.45) is 1.44. The van der Waals surface area contributed by atoms with Crippen LogP contribution in [-0.4, -0.2) is 70.9 Å². The number of anilines is 1. The fraction of sp³-hybridized carbons (Fsp3) is 0.588. The van der Waals surface area contributed by atoms with E-state index in [1.165, 1.54) is 0 Å². The van der Waals surface area contributed by atoms with Gasteiger partial charge in [-0.15, -0.1) is 0 Å². The maximum absolute atomic E-state index is 12.7. The van der Waals surface area contributed by atoms with Crippen molar-refractivity contribution in [1.82, 2.24) is 10.2 Å². The Hall–Kier alpha value is -1.35. The van der Waals surface area contributed by atoms with Gasteiger partial charge in [-0.2, -0.15) is 0 Å². The summed E-state index contributed by atoms with van der Waals surface area (Å²) in [6.45, 7) is 6.03. The maximum Gasteiger partial charge on any atom is 0.243 e. The summed E-state index contributed by atoms with van der Waals surface area (Å²) in [7, 11) is -3.65. The van der Waals surface area contributed by atoms with Gasteiger partial charge in [0.2, 0.25) is 15.9 Å². The van der Waals surface area contributed by atoms with E-state index in [2.05, 4.69) is 10.2 Å². The van der Waals surface area contributed by atoms with Crippen LogP contribution in [0.4, 0.5) is 5.69 Å². The summed E-state index contributed by atoms with van der Waals surface area (Å²) in [5, 5.41) is 3.27. The van der Waals surface area contributed by atoms with Crippen molar-refractivity contribution < 1.29 is 17.9 Å². The third-order valence-electron chi connectivity index (χ3n) is 4.22. The number of sulfonamides is 1. The number of halogens is 1. The van der Waals surface area contributed by atoms with Gasteiger partial charge in [0, 0.05) is 31.2 Å². The summed E-state index contributed by atoms with van der Waals surface area (Å²) in [5.41, 5.74) is 0.384. The molecule has 1 atom stereocenters. The SMILES string of the molecule is CC[C@@H](C(=O)NCCN1CCOCC1)N(c1cccc(Cl)c1)S(C)(=O)=O. The molecule has 9 heteroatoms. The monoisotopic (exact) mass is 403 g/mol. The van der Waals surface area contributed by atoms with Crippen LogP contribution < -0.4 is 9.62 Å². The molecule has 0 bridgehead atoms. The zero-order valence-corrected chi connectivity index (χ0v) is 16.7. The second-order valence-electron chi connectivity index (χ2n) is 6.21. The number of hydrogen-bond acceptors (Lipinski definition) is 5. The van der Waals surface area contributed by atoms with E-state index in [0.717, 1.165) is 23.7 Å². The van der Waals surface area contributed by atoms with E-state index in [1.54, 1.807) is 31.2 Å². The standard InChI is InChI=1S/C17H26ClN3O4S/c1-3-16(17(22)19-7-8-20-9-11-25-12-10-20)21(26(2,23)24)15-6-4-5-14(18)13-15/h4-6,13,16H,3,7-12H2,1-2H3,(H,19,22)/t16-/m0/s1. The Labute approximate surface area is 160 Å². The van der Waals surface area contributed by atoms with E-state index in [9.17, 15) is 13.2 Å². The highest BCUT2D eigenvalue weighted by Crippen LogP contribution is 2.25. The second-order valence-corrected chi connectivity index (χ2v) is 8.50. The van der Waals surface area contributed by atoms with Gasteiger partial charge in [-0.3, -0.25) is 14.0 Å². The predicted molar refractivity (Wildman–Crippen MR) is 103 cm³/mol. The van der Waals surface area contributed by atoms with Crippen molar-refractivity contribution in [3.63, 3.8) is 0 Å². The molecule has 7 nitrogen and oxygen atoms in total. The predicted octanol–water partition coefficient (Wildman–Crippen LogP) is 1.33. The molecule has 2 rings (SSSR count). The molecule has 1 aliphatic heterocycles. The highest BCUT2D eigenvalue weighted by atomic mass is 35.5. The van der Waals surface area contributed by atoms with Crippen molar-refractivity contribution in [3.8, 4) is 0 Å². The maximum atomic E-state index is 12.7. The summed E-state index contributed by atoms with van der Waals surface area (Å²) in [6, 6.07) is 5.68. The van der Waals surface area contributed by atoms with E-state index < -0.39 is 16.1 Å². The fourth-order valence-corrected chi connectivity index (χ4v) is 4.34. The second kappa shape index (κ2) is 9.55. The molecule has 1 aromatic rings. The van der Waals surface area contributed by atoms with Crippen LogP contribution in [0.3, 0.4) is 0 Å². The first kappa shape index (κ1) is 21.0. The lowest BCUT2D eigenvalue weighted by Gasteiger charge is -2.31. The zero-order valence-electron chi connectivity index (χ0n) is 15.2. The van der Waals surface area contributed by atoms with Gasteiger partial charge in [0.1, 0.15) is 6.04 Å². The molecular weight excluding hydrogens is 378 g/mol. The number of carbonyl (C=O) groups is 1. The molecular formula is C17H26ClN3O4S. The van der Waals surface area contributed by atoms with Gasteiger partial charge >= 0.3 is 0 Å². The first-order valence-corrected chi connectivity index (χ1v) is 10.9. The van der Waals surface area contributed by atoms with Crippen LogP contribution >= 0.6 is 11.6 Å². The molecule has 1 aromatic carbocycles. The average molecular weight is 404 g/mol. The average Bonchev–Trinajstić information content (AvgIpc) is 2.59. The molecule has 1 amide bonds. The Morgan fingerprint density at radius 3 is 2.65 bits per heavy atom. The lowest BCUT2D eigenvalue weighted by Crippen LogP contribution is -2.50. The normalized spacial score (nSPS) is 16.9. The lowest BCUT2D eigenvalue weighted by atomic mass is 10.2. The first-order valence-electron chi connectivity index (χ1n) is 8.65. The van der Waals surface area contributed by atoms with Crippen LogP contribution in [0.15, 0.2) is 24.3 Å². The molecule has 1 saturated heterocycles. The van der Waals surface area contributed by atoms with Gasteiger partial charge < -0.3 is 10.1 Å². The fourth-order valence-electron chi connectivity index (χ4n) is 2.95. The van der Waals surface area contributed by atoms with Crippen molar-refractivity contribution >= 4 is 33.2 Å². The van der Waals surface area contributed by atoms with Gasteiger partial charge in [-0.05, 0) is 24.6 Å². The van der Waals surface area contributed by atoms with E-state index >= 15 is 0 Å². The zero-order chi connectivity index (χ0) is 19.2. The number of morpholine rings is 1.